The van der Waals surface area contributed by atoms with Gasteiger partial charge in [-0.25, -0.2) is 0 Å². The largest absolute Gasteiger partial charge is 0.455 e. The van der Waals surface area contributed by atoms with Crippen LogP contribution in [0.15, 0.2) is 36.4 Å². The average molecular weight is 324 g/mol. The summed E-state index contributed by atoms with van der Waals surface area (Å²) in [6.45, 7) is 4.04. The zero-order valence-corrected chi connectivity index (χ0v) is 13.7. The Morgan fingerprint density at radius 2 is 1.86 bits per heavy atom. The lowest BCUT2D eigenvalue weighted by atomic mass is 10.0. The lowest BCUT2D eigenvalue weighted by molar-refractivity contribution is 0.472. The predicted octanol–water partition coefficient (Wildman–Crippen LogP) is 5.37. The third-order valence-corrected chi connectivity index (χ3v) is 4.02. The maximum atomic E-state index is 6.29. The van der Waals surface area contributed by atoms with E-state index < -0.39 is 0 Å². The molecular weight excluding hydrogens is 305 g/mol. The maximum absolute atomic E-state index is 6.29. The van der Waals surface area contributed by atoms with Crippen molar-refractivity contribution in [3.05, 3.63) is 57.6 Å². The van der Waals surface area contributed by atoms with E-state index in [0.29, 0.717) is 28.0 Å². The molecule has 21 heavy (non-hydrogen) atoms. The second kappa shape index (κ2) is 7.17. The second-order valence-electron chi connectivity index (χ2n) is 5.12. The van der Waals surface area contributed by atoms with Crippen LogP contribution in [0.1, 0.15) is 24.5 Å². The van der Waals surface area contributed by atoms with Gasteiger partial charge in [0.25, 0.3) is 0 Å². The van der Waals surface area contributed by atoms with Crippen LogP contribution in [0.2, 0.25) is 10.0 Å². The Morgan fingerprint density at radius 1 is 1.10 bits per heavy atom. The summed E-state index contributed by atoms with van der Waals surface area (Å²) in [6.07, 6.45) is 1.56. The molecule has 0 heterocycles. The van der Waals surface area contributed by atoms with Crippen LogP contribution in [0, 0.1) is 6.92 Å². The van der Waals surface area contributed by atoms with Crippen molar-refractivity contribution in [2.45, 2.75) is 32.7 Å². The zero-order chi connectivity index (χ0) is 15.4. The fourth-order valence-electron chi connectivity index (χ4n) is 2.05. The lowest BCUT2D eigenvalue weighted by Gasteiger charge is -2.16. The molecule has 0 fully saturated rings. The second-order valence-corrected chi connectivity index (χ2v) is 5.94. The topological polar surface area (TPSA) is 35.2 Å². The molecule has 0 radical (unpaired) electrons. The quantitative estimate of drug-likeness (QED) is 0.802. The molecule has 0 aliphatic carbocycles. The van der Waals surface area contributed by atoms with E-state index in [9.17, 15) is 0 Å². The number of hydrogen-bond acceptors (Lipinski definition) is 2. The molecule has 2 N–H and O–H groups in total. The molecule has 1 unspecified atom stereocenters. The first kappa shape index (κ1) is 16.2. The van der Waals surface area contributed by atoms with Crippen LogP contribution in [-0.4, -0.2) is 6.04 Å². The van der Waals surface area contributed by atoms with E-state index >= 15 is 0 Å². The van der Waals surface area contributed by atoms with Crippen LogP contribution in [0.5, 0.6) is 11.5 Å². The highest BCUT2D eigenvalue weighted by atomic mass is 35.5. The van der Waals surface area contributed by atoms with Gasteiger partial charge in [0.1, 0.15) is 11.5 Å². The van der Waals surface area contributed by atoms with Gasteiger partial charge in [-0.15, -0.1) is 0 Å². The van der Waals surface area contributed by atoms with Crippen LogP contribution in [-0.2, 0) is 6.42 Å². The third-order valence-electron chi connectivity index (χ3n) is 3.37. The Kier molecular flexibility index (Phi) is 5.51. The van der Waals surface area contributed by atoms with Gasteiger partial charge in [0, 0.05) is 16.6 Å². The summed E-state index contributed by atoms with van der Waals surface area (Å²) in [6, 6.07) is 11.4. The molecule has 2 nitrogen and oxygen atoms in total. The molecule has 2 rings (SSSR count). The van der Waals surface area contributed by atoms with Gasteiger partial charge < -0.3 is 10.5 Å². The predicted molar refractivity (Wildman–Crippen MR) is 89.7 cm³/mol. The van der Waals surface area contributed by atoms with Gasteiger partial charge in [-0.1, -0.05) is 42.3 Å². The summed E-state index contributed by atoms with van der Waals surface area (Å²) >= 11 is 12.5. The van der Waals surface area contributed by atoms with Gasteiger partial charge in [0.05, 0.1) is 5.02 Å². The van der Waals surface area contributed by atoms with E-state index in [0.717, 1.165) is 17.5 Å². The van der Waals surface area contributed by atoms with Crippen molar-refractivity contribution in [2.24, 2.45) is 5.73 Å². The lowest BCUT2D eigenvalue weighted by Crippen LogP contribution is -2.21. The molecule has 0 saturated heterocycles. The molecular formula is C17H19Cl2NO. The molecule has 0 aliphatic rings. The Balaban J connectivity index is 2.33. The number of halogens is 2. The third kappa shape index (κ3) is 4.13. The smallest absolute Gasteiger partial charge is 0.146 e. The Bertz CT molecular complexity index is 628. The number of benzene rings is 2. The van der Waals surface area contributed by atoms with Gasteiger partial charge in [0.2, 0.25) is 0 Å². The minimum absolute atomic E-state index is 0.0562. The summed E-state index contributed by atoms with van der Waals surface area (Å²) in [4.78, 5) is 0. The van der Waals surface area contributed by atoms with E-state index in [-0.39, 0.29) is 6.04 Å². The Labute approximate surface area is 135 Å². The van der Waals surface area contributed by atoms with E-state index in [1.807, 2.05) is 43.3 Å². The molecule has 0 saturated carbocycles. The molecule has 0 aliphatic heterocycles. The highest BCUT2D eigenvalue weighted by Gasteiger charge is 2.13. The average Bonchev–Trinajstić information content (AvgIpc) is 2.45. The monoisotopic (exact) mass is 323 g/mol. The molecule has 0 amide bonds. The molecule has 2 aromatic carbocycles. The Hall–Kier alpha value is -1.22. The molecule has 112 valence electrons. The fourth-order valence-corrected chi connectivity index (χ4v) is 2.56. The number of ether oxygens (including phenoxy) is 1. The molecule has 1 atom stereocenters. The number of aryl methyl sites for hydroxylation is 1. The van der Waals surface area contributed by atoms with Gasteiger partial charge >= 0.3 is 0 Å². The van der Waals surface area contributed by atoms with Gasteiger partial charge in [-0.05, 0) is 49.6 Å². The summed E-state index contributed by atoms with van der Waals surface area (Å²) in [5.41, 5.74) is 8.06. The minimum Gasteiger partial charge on any atom is -0.455 e. The summed E-state index contributed by atoms with van der Waals surface area (Å²) in [7, 11) is 0. The van der Waals surface area contributed by atoms with Crippen LogP contribution in [0.25, 0.3) is 0 Å². The highest BCUT2D eigenvalue weighted by molar-refractivity contribution is 6.32. The number of nitrogens with two attached hydrogens (primary N) is 1. The zero-order valence-electron chi connectivity index (χ0n) is 12.2. The van der Waals surface area contributed by atoms with Crippen LogP contribution >= 0.6 is 23.2 Å². The molecule has 0 aromatic heterocycles. The summed E-state index contributed by atoms with van der Waals surface area (Å²) in [5, 5.41) is 1.25. The minimum atomic E-state index is 0.0562. The van der Waals surface area contributed by atoms with Crippen molar-refractivity contribution >= 4 is 23.2 Å². The molecule has 4 heteroatoms. The number of rotatable bonds is 5. The van der Waals surface area contributed by atoms with Gasteiger partial charge in [-0.2, -0.15) is 0 Å². The van der Waals surface area contributed by atoms with Crippen molar-refractivity contribution in [2.75, 3.05) is 0 Å². The fraction of sp³-hybridized carbons (Fsp3) is 0.294. The normalized spacial score (nSPS) is 12.2. The SMILES string of the molecule is CCC(N)Cc1c(Cl)cccc1Oc1ccc(C)cc1Cl. The van der Waals surface area contributed by atoms with Crippen LogP contribution < -0.4 is 10.5 Å². The summed E-state index contributed by atoms with van der Waals surface area (Å²) in [5.74, 6) is 1.33. The standard InChI is InChI=1S/C17H19Cl2NO/c1-3-12(20)10-13-14(18)5-4-6-16(13)21-17-8-7-11(2)9-15(17)19/h4-9,12H,3,10,20H2,1-2H3. The first-order chi connectivity index (χ1) is 10.0. The van der Waals surface area contributed by atoms with Gasteiger partial charge in [0.15, 0.2) is 0 Å². The van der Waals surface area contributed by atoms with Crippen molar-refractivity contribution in [1.29, 1.82) is 0 Å². The molecule has 0 bridgehead atoms. The first-order valence-corrected chi connectivity index (χ1v) is 7.73. The van der Waals surface area contributed by atoms with Crippen LogP contribution in [0.4, 0.5) is 0 Å². The van der Waals surface area contributed by atoms with E-state index in [4.69, 9.17) is 33.7 Å². The van der Waals surface area contributed by atoms with Gasteiger partial charge in [-0.3, -0.25) is 0 Å². The Morgan fingerprint density at radius 3 is 2.52 bits per heavy atom. The first-order valence-electron chi connectivity index (χ1n) is 6.98. The molecule has 2 aromatic rings. The van der Waals surface area contributed by atoms with Crippen molar-refractivity contribution in [1.82, 2.24) is 0 Å². The highest BCUT2D eigenvalue weighted by Crippen LogP contribution is 2.35. The summed E-state index contributed by atoms with van der Waals surface area (Å²) < 4.78 is 5.95. The number of hydrogen-bond donors (Lipinski definition) is 1. The van der Waals surface area contributed by atoms with Crippen molar-refractivity contribution in [3.63, 3.8) is 0 Å². The van der Waals surface area contributed by atoms with Crippen molar-refractivity contribution in [3.8, 4) is 11.5 Å². The van der Waals surface area contributed by atoms with E-state index in [1.54, 1.807) is 0 Å². The van der Waals surface area contributed by atoms with Crippen LogP contribution in [0.3, 0.4) is 0 Å². The maximum Gasteiger partial charge on any atom is 0.146 e. The molecule has 0 spiro atoms. The van der Waals surface area contributed by atoms with E-state index in [2.05, 4.69) is 6.92 Å². The van der Waals surface area contributed by atoms with Crippen molar-refractivity contribution < 1.29 is 4.74 Å². The van der Waals surface area contributed by atoms with E-state index in [1.165, 1.54) is 0 Å².